The normalized spacial score (nSPS) is 28.4. The van der Waals surface area contributed by atoms with Crippen LogP contribution in [0.3, 0.4) is 0 Å². The minimum Gasteiger partial charge on any atom is -0.0839 e. The van der Waals surface area contributed by atoms with Gasteiger partial charge < -0.3 is 0 Å². The van der Waals surface area contributed by atoms with Crippen molar-refractivity contribution in [2.24, 2.45) is 11.8 Å². The summed E-state index contributed by atoms with van der Waals surface area (Å²) < 4.78 is 0. The summed E-state index contributed by atoms with van der Waals surface area (Å²) in [6, 6.07) is 9.08. The third kappa shape index (κ3) is 3.48. The molecule has 7 rings (SSSR count). The van der Waals surface area contributed by atoms with Gasteiger partial charge in [-0.2, -0.15) is 0 Å². The zero-order valence-electron chi connectivity index (χ0n) is 21.2. The van der Waals surface area contributed by atoms with Crippen LogP contribution in [-0.2, 0) is 5.41 Å². The molecule has 0 fully saturated rings. The lowest BCUT2D eigenvalue weighted by Crippen LogP contribution is -2.18. The van der Waals surface area contributed by atoms with Crippen LogP contribution in [0.4, 0.5) is 0 Å². The van der Waals surface area contributed by atoms with Gasteiger partial charge >= 0.3 is 0 Å². The summed E-state index contributed by atoms with van der Waals surface area (Å²) >= 11 is 0. The summed E-state index contributed by atoms with van der Waals surface area (Å²) in [6.07, 6.45) is 29.4. The minimum atomic E-state index is 0.118. The predicted molar refractivity (Wildman–Crippen MR) is 148 cm³/mol. The van der Waals surface area contributed by atoms with Gasteiger partial charge in [0, 0.05) is 5.41 Å². The Balaban J connectivity index is 1.17. The largest absolute Gasteiger partial charge is 0.0839 e. The van der Waals surface area contributed by atoms with E-state index in [0.29, 0.717) is 5.92 Å². The quantitative estimate of drug-likeness (QED) is 0.416. The molecule has 0 amide bonds. The Kier molecular flexibility index (Phi) is 4.95. The average Bonchev–Trinajstić information content (AvgIpc) is 3.14. The molecule has 1 aromatic rings. The van der Waals surface area contributed by atoms with E-state index in [1.165, 1.54) is 62.5 Å². The topological polar surface area (TPSA) is 0 Å². The van der Waals surface area contributed by atoms with Crippen molar-refractivity contribution in [2.75, 3.05) is 0 Å². The van der Waals surface area contributed by atoms with Crippen molar-refractivity contribution in [1.29, 1.82) is 0 Å². The van der Waals surface area contributed by atoms with E-state index in [2.05, 4.69) is 86.7 Å². The summed E-state index contributed by atoms with van der Waals surface area (Å²) in [5, 5.41) is 0. The van der Waals surface area contributed by atoms with Crippen LogP contribution in [0.25, 0.3) is 5.57 Å². The Hall–Kier alpha value is -2.86. The highest BCUT2D eigenvalue weighted by Crippen LogP contribution is 2.52. The fourth-order valence-corrected chi connectivity index (χ4v) is 7.57. The van der Waals surface area contributed by atoms with Crippen molar-refractivity contribution in [3.8, 4) is 0 Å². The van der Waals surface area contributed by atoms with Crippen molar-refractivity contribution in [2.45, 2.75) is 70.6 Å². The molecule has 0 heteroatoms. The molecule has 176 valence electrons. The smallest absolute Gasteiger partial charge is 0.0155 e. The lowest BCUT2D eigenvalue weighted by Gasteiger charge is -2.33. The molecule has 0 radical (unpaired) electrons. The maximum atomic E-state index is 2.57. The molecule has 2 atom stereocenters. The zero-order chi connectivity index (χ0) is 23.6. The Morgan fingerprint density at radius 2 is 1.46 bits per heavy atom. The highest BCUT2D eigenvalue weighted by Gasteiger charge is 2.38. The Labute approximate surface area is 210 Å². The molecule has 6 aliphatic rings. The third-order valence-electron chi connectivity index (χ3n) is 9.65. The molecular weight excluding hydrogens is 420 g/mol. The van der Waals surface area contributed by atoms with Gasteiger partial charge in [0.15, 0.2) is 0 Å². The van der Waals surface area contributed by atoms with Crippen LogP contribution in [0, 0.1) is 11.8 Å². The van der Waals surface area contributed by atoms with E-state index in [-0.39, 0.29) is 5.41 Å². The van der Waals surface area contributed by atoms with Gasteiger partial charge in [-0.05, 0) is 119 Å². The monoisotopic (exact) mass is 456 g/mol. The number of rotatable bonds is 2. The van der Waals surface area contributed by atoms with Gasteiger partial charge in [0.1, 0.15) is 0 Å². The number of hydrogen-bond acceptors (Lipinski definition) is 0. The molecule has 0 saturated heterocycles. The molecule has 0 aliphatic heterocycles. The van der Waals surface area contributed by atoms with Gasteiger partial charge in [0.25, 0.3) is 0 Å². The standard InChI is InChI=1S/C35H36/c1-35(2)33-10-6-5-9-31(33)32-18-17-30(22-34(32)35)29-16-15-27-20-26(13-14-28(27)21-29)25-12-11-23-7-3-4-8-24(23)19-25/h3-6,8-10,13-14,19,21-23,27H,7,11-12,15-18,20H2,1-2H3. The number of hydrogen-bond donors (Lipinski definition) is 0. The molecule has 0 aromatic heterocycles. The van der Waals surface area contributed by atoms with Gasteiger partial charge in [-0.1, -0.05) is 86.7 Å². The summed E-state index contributed by atoms with van der Waals surface area (Å²) in [4.78, 5) is 0. The Morgan fingerprint density at radius 1 is 0.714 bits per heavy atom. The first-order valence-electron chi connectivity index (χ1n) is 13.8. The van der Waals surface area contributed by atoms with E-state index >= 15 is 0 Å². The second-order valence-corrected chi connectivity index (χ2v) is 11.9. The van der Waals surface area contributed by atoms with Crippen LogP contribution >= 0.6 is 0 Å². The summed E-state index contributed by atoms with van der Waals surface area (Å²) in [5.41, 5.74) is 15.8. The van der Waals surface area contributed by atoms with E-state index < -0.39 is 0 Å². The summed E-state index contributed by atoms with van der Waals surface area (Å²) in [6.45, 7) is 4.83. The predicted octanol–water partition coefficient (Wildman–Crippen LogP) is 9.27. The highest BCUT2D eigenvalue weighted by molar-refractivity contribution is 5.84. The van der Waals surface area contributed by atoms with Crippen LogP contribution < -0.4 is 0 Å². The summed E-state index contributed by atoms with van der Waals surface area (Å²) in [5.74, 6) is 1.46. The molecule has 0 bridgehead atoms. The molecule has 6 aliphatic carbocycles. The Bertz CT molecular complexity index is 1350. The van der Waals surface area contributed by atoms with E-state index in [1.54, 1.807) is 44.6 Å². The zero-order valence-corrected chi connectivity index (χ0v) is 21.2. The highest BCUT2D eigenvalue weighted by atomic mass is 14.4. The number of fused-ring (bicyclic) bond motifs is 4. The third-order valence-corrected chi connectivity index (χ3v) is 9.65. The van der Waals surface area contributed by atoms with Crippen LogP contribution in [0.5, 0.6) is 0 Å². The molecular formula is C35H36. The molecule has 35 heavy (non-hydrogen) atoms. The van der Waals surface area contributed by atoms with E-state index in [0.717, 1.165) is 5.92 Å². The maximum absolute atomic E-state index is 2.57. The van der Waals surface area contributed by atoms with Gasteiger partial charge in [-0.3, -0.25) is 0 Å². The molecule has 0 N–H and O–H groups in total. The van der Waals surface area contributed by atoms with E-state index in [9.17, 15) is 0 Å². The van der Waals surface area contributed by atoms with Crippen molar-refractivity contribution >= 4 is 5.57 Å². The first-order valence-corrected chi connectivity index (χ1v) is 13.8. The minimum absolute atomic E-state index is 0.118. The lowest BCUT2D eigenvalue weighted by atomic mass is 9.72. The van der Waals surface area contributed by atoms with Gasteiger partial charge in [-0.25, -0.2) is 0 Å². The molecule has 2 unspecified atom stereocenters. The molecule has 0 heterocycles. The van der Waals surface area contributed by atoms with Gasteiger partial charge in [-0.15, -0.1) is 0 Å². The number of allylic oxidation sites excluding steroid dienone is 16. The molecule has 0 nitrogen and oxygen atoms in total. The number of benzene rings is 1. The Morgan fingerprint density at radius 3 is 2.34 bits per heavy atom. The lowest BCUT2D eigenvalue weighted by molar-refractivity contribution is 0.525. The fourth-order valence-electron chi connectivity index (χ4n) is 7.57. The second kappa shape index (κ2) is 8.09. The van der Waals surface area contributed by atoms with Gasteiger partial charge in [0.05, 0.1) is 0 Å². The van der Waals surface area contributed by atoms with Crippen LogP contribution in [0.15, 0.2) is 112 Å². The average molecular weight is 457 g/mol. The first-order chi connectivity index (χ1) is 17.1. The van der Waals surface area contributed by atoms with Crippen molar-refractivity contribution in [3.63, 3.8) is 0 Å². The summed E-state index contributed by atoms with van der Waals surface area (Å²) in [7, 11) is 0. The fraction of sp³-hybridized carbons (Fsp3) is 0.371. The second-order valence-electron chi connectivity index (χ2n) is 11.9. The van der Waals surface area contributed by atoms with Crippen molar-refractivity contribution in [1.82, 2.24) is 0 Å². The van der Waals surface area contributed by atoms with Crippen LogP contribution in [0.1, 0.15) is 76.3 Å². The SMILES string of the molecule is CC1(C)C2=C(CCC(C3=CC4=CC=C(C5=CC6=CC=CCC6CC5)CC4CC3)=C2)c2ccccc21. The van der Waals surface area contributed by atoms with Crippen molar-refractivity contribution < 1.29 is 0 Å². The molecule has 0 spiro atoms. The molecule has 0 saturated carbocycles. The van der Waals surface area contributed by atoms with Crippen molar-refractivity contribution in [3.05, 3.63) is 123 Å². The van der Waals surface area contributed by atoms with Crippen LogP contribution in [-0.4, -0.2) is 0 Å². The van der Waals surface area contributed by atoms with E-state index in [1.807, 2.05) is 0 Å². The maximum Gasteiger partial charge on any atom is 0.0155 e. The van der Waals surface area contributed by atoms with Gasteiger partial charge in [0.2, 0.25) is 0 Å². The first kappa shape index (κ1) is 21.4. The van der Waals surface area contributed by atoms with Crippen LogP contribution in [0.2, 0.25) is 0 Å². The van der Waals surface area contributed by atoms with E-state index in [4.69, 9.17) is 0 Å². The molecule has 1 aromatic carbocycles.